The third kappa shape index (κ3) is 2.98. The normalized spacial score (nSPS) is 18.9. The van der Waals surface area contributed by atoms with Gasteiger partial charge in [0.05, 0.1) is 11.9 Å². The Morgan fingerprint density at radius 2 is 2.24 bits per heavy atom. The van der Waals surface area contributed by atoms with Crippen molar-refractivity contribution < 1.29 is 0 Å². The molecular weight excluding hydrogens is 240 g/mol. The van der Waals surface area contributed by atoms with Crippen molar-refractivity contribution in [2.24, 2.45) is 5.41 Å². The monoisotopic (exact) mass is 256 g/mol. The highest BCUT2D eigenvalue weighted by molar-refractivity contribution is 6.32. The first-order valence-corrected chi connectivity index (χ1v) is 6.16. The molecule has 6 heteroatoms. The van der Waals surface area contributed by atoms with Crippen molar-refractivity contribution in [3.05, 3.63) is 21.6 Å². The molecule has 94 valence electrons. The third-order valence-electron chi connectivity index (χ3n) is 3.31. The summed E-state index contributed by atoms with van der Waals surface area (Å²) in [5, 5.41) is 12.8. The van der Waals surface area contributed by atoms with Gasteiger partial charge in [0.25, 0.3) is 5.56 Å². The SMILES string of the molecule is CC1(CNc2cn[nH]c(=O)c2Cl)CCNCC1. The van der Waals surface area contributed by atoms with Gasteiger partial charge in [0.2, 0.25) is 0 Å². The van der Waals surface area contributed by atoms with Gasteiger partial charge in [-0.15, -0.1) is 0 Å². The van der Waals surface area contributed by atoms with Gasteiger partial charge in [-0.05, 0) is 31.3 Å². The van der Waals surface area contributed by atoms with Gasteiger partial charge in [-0.1, -0.05) is 18.5 Å². The standard InChI is InChI=1S/C11H17ClN4O/c1-11(2-4-13-5-3-11)7-14-8-6-15-16-10(17)9(8)12/h6,13H,2-5,7H2,1H3,(H2,14,16,17). The number of halogens is 1. The fourth-order valence-electron chi connectivity index (χ4n) is 2.02. The molecule has 5 nitrogen and oxygen atoms in total. The van der Waals surface area contributed by atoms with Gasteiger partial charge in [0.1, 0.15) is 5.02 Å². The van der Waals surface area contributed by atoms with Crippen LogP contribution < -0.4 is 16.2 Å². The minimum absolute atomic E-state index is 0.178. The Morgan fingerprint density at radius 1 is 1.53 bits per heavy atom. The molecular formula is C11H17ClN4O. The summed E-state index contributed by atoms with van der Waals surface area (Å²) in [5.41, 5.74) is 0.499. The maximum absolute atomic E-state index is 11.3. The molecule has 2 rings (SSSR count). The van der Waals surface area contributed by atoms with Gasteiger partial charge in [-0.3, -0.25) is 4.79 Å². The average molecular weight is 257 g/mol. The Labute approximate surface area is 105 Å². The lowest BCUT2D eigenvalue weighted by atomic mass is 9.81. The molecule has 0 aromatic carbocycles. The molecule has 3 N–H and O–H groups in total. The Morgan fingerprint density at radius 3 is 2.94 bits per heavy atom. The van der Waals surface area contributed by atoms with Gasteiger partial charge in [-0.25, -0.2) is 5.10 Å². The lowest BCUT2D eigenvalue weighted by molar-refractivity contribution is 0.247. The lowest BCUT2D eigenvalue weighted by Gasteiger charge is -2.34. The first-order valence-electron chi connectivity index (χ1n) is 5.78. The van der Waals surface area contributed by atoms with Crippen molar-refractivity contribution in [1.29, 1.82) is 0 Å². The molecule has 1 aromatic heterocycles. The highest BCUT2D eigenvalue weighted by Crippen LogP contribution is 2.28. The van der Waals surface area contributed by atoms with Crippen LogP contribution in [0.5, 0.6) is 0 Å². The Balaban J connectivity index is 2.02. The van der Waals surface area contributed by atoms with Crippen LogP contribution >= 0.6 is 11.6 Å². The van der Waals surface area contributed by atoms with Gasteiger partial charge in [0, 0.05) is 6.54 Å². The summed E-state index contributed by atoms with van der Waals surface area (Å²) in [6.07, 6.45) is 3.79. The molecule has 1 saturated heterocycles. The van der Waals surface area contributed by atoms with E-state index in [9.17, 15) is 4.79 Å². The van der Waals surface area contributed by atoms with E-state index < -0.39 is 0 Å². The zero-order valence-electron chi connectivity index (χ0n) is 9.85. The number of hydrogen-bond acceptors (Lipinski definition) is 4. The number of aromatic amines is 1. The van der Waals surface area contributed by atoms with Crippen LogP contribution in [-0.2, 0) is 0 Å². The van der Waals surface area contributed by atoms with Gasteiger partial charge >= 0.3 is 0 Å². The molecule has 1 aliphatic rings. The first kappa shape index (κ1) is 12.4. The summed E-state index contributed by atoms with van der Waals surface area (Å²) in [6, 6.07) is 0. The Kier molecular flexibility index (Phi) is 3.69. The van der Waals surface area contributed by atoms with E-state index in [0.29, 0.717) is 5.69 Å². The van der Waals surface area contributed by atoms with E-state index >= 15 is 0 Å². The predicted molar refractivity (Wildman–Crippen MR) is 68.6 cm³/mol. The summed E-state index contributed by atoms with van der Waals surface area (Å²) in [5.74, 6) is 0. The highest BCUT2D eigenvalue weighted by atomic mass is 35.5. The van der Waals surface area contributed by atoms with E-state index in [1.807, 2.05) is 0 Å². The second kappa shape index (κ2) is 5.06. The van der Waals surface area contributed by atoms with E-state index in [0.717, 1.165) is 32.5 Å². The molecule has 1 aliphatic heterocycles. The quantitative estimate of drug-likeness (QED) is 0.761. The van der Waals surface area contributed by atoms with Gasteiger partial charge in [-0.2, -0.15) is 5.10 Å². The summed E-state index contributed by atoms with van der Waals surface area (Å²) in [4.78, 5) is 11.3. The topological polar surface area (TPSA) is 69.8 Å². The number of anilines is 1. The summed E-state index contributed by atoms with van der Waals surface area (Å²) in [6.45, 7) is 5.13. The van der Waals surface area contributed by atoms with E-state index in [2.05, 4.69) is 27.8 Å². The minimum Gasteiger partial charge on any atom is -0.382 e. The van der Waals surface area contributed by atoms with Crippen molar-refractivity contribution in [3.8, 4) is 0 Å². The second-order valence-electron chi connectivity index (χ2n) is 4.84. The molecule has 0 amide bonds. The van der Waals surface area contributed by atoms with Crippen LogP contribution in [0, 0.1) is 5.41 Å². The maximum atomic E-state index is 11.3. The minimum atomic E-state index is -0.355. The van der Waals surface area contributed by atoms with Crippen LogP contribution in [0.4, 0.5) is 5.69 Å². The van der Waals surface area contributed by atoms with Crippen LogP contribution in [0.2, 0.25) is 5.02 Å². The van der Waals surface area contributed by atoms with Crippen molar-refractivity contribution in [2.45, 2.75) is 19.8 Å². The van der Waals surface area contributed by atoms with Crippen molar-refractivity contribution in [2.75, 3.05) is 25.0 Å². The summed E-state index contributed by atoms with van der Waals surface area (Å²) >= 11 is 5.90. The predicted octanol–water partition coefficient (Wildman–Crippen LogP) is 1.22. The Bertz CT molecular complexity index is 439. The van der Waals surface area contributed by atoms with Gasteiger partial charge in [0.15, 0.2) is 0 Å². The number of H-pyrrole nitrogens is 1. The zero-order valence-corrected chi connectivity index (χ0v) is 10.6. The number of nitrogens with zero attached hydrogens (tertiary/aromatic N) is 1. The third-order valence-corrected chi connectivity index (χ3v) is 3.69. The Hall–Kier alpha value is -1.07. The van der Waals surface area contributed by atoms with Crippen LogP contribution in [-0.4, -0.2) is 29.8 Å². The number of aromatic nitrogens is 2. The number of rotatable bonds is 3. The average Bonchev–Trinajstić information content (AvgIpc) is 2.32. The summed E-state index contributed by atoms with van der Waals surface area (Å²) < 4.78 is 0. The molecule has 1 aromatic rings. The number of piperidine rings is 1. The molecule has 1 fully saturated rings. The molecule has 0 spiro atoms. The molecule has 0 bridgehead atoms. The summed E-state index contributed by atoms with van der Waals surface area (Å²) in [7, 11) is 0. The first-order chi connectivity index (χ1) is 8.11. The van der Waals surface area contributed by atoms with E-state index in [1.165, 1.54) is 0 Å². The van der Waals surface area contributed by atoms with Crippen LogP contribution in [0.1, 0.15) is 19.8 Å². The molecule has 0 radical (unpaired) electrons. The largest absolute Gasteiger partial charge is 0.382 e. The van der Waals surface area contributed by atoms with Crippen molar-refractivity contribution in [3.63, 3.8) is 0 Å². The van der Waals surface area contributed by atoms with E-state index in [-0.39, 0.29) is 16.0 Å². The van der Waals surface area contributed by atoms with E-state index in [4.69, 9.17) is 11.6 Å². The number of hydrogen-bond donors (Lipinski definition) is 3. The second-order valence-corrected chi connectivity index (χ2v) is 5.22. The van der Waals surface area contributed by atoms with Crippen LogP contribution in [0.15, 0.2) is 11.0 Å². The zero-order chi connectivity index (χ0) is 12.3. The molecule has 0 atom stereocenters. The fourth-order valence-corrected chi connectivity index (χ4v) is 2.18. The van der Waals surface area contributed by atoms with Crippen LogP contribution in [0.3, 0.4) is 0 Å². The molecule has 0 aliphatic carbocycles. The van der Waals surface area contributed by atoms with Crippen molar-refractivity contribution >= 4 is 17.3 Å². The molecule has 0 saturated carbocycles. The smallest absolute Gasteiger partial charge is 0.285 e. The van der Waals surface area contributed by atoms with Crippen LogP contribution in [0.25, 0.3) is 0 Å². The fraction of sp³-hybridized carbons (Fsp3) is 0.636. The molecule has 0 unspecified atom stereocenters. The maximum Gasteiger partial charge on any atom is 0.285 e. The highest BCUT2D eigenvalue weighted by Gasteiger charge is 2.26. The molecule has 17 heavy (non-hydrogen) atoms. The van der Waals surface area contributed by atoms with Gasteiger partial charge < -0.3 is 10.6 Å². The molecule has 2 heterocycles. The van der Waals surface area contributed by atoms with Crippen molar-refractivity contribution in [1.82, 2.24) is 15.5 Å². The van der Waals surface area contributed by atoms with E-state index in [1.54, 1.807) is 6.20 Å². The lowest BCUT2D eigenvalue weighted by Crippen LogP contribution is -2.39. The number of nitrogens with one attached hydrogen (secondary N) is 3.